The summed E-state index contributed by atoms with van der Waals surface area (Å²) in [6.07, 6.45) is 3.45. The van der Waals surface area contributed by atoms with Crippen LogP contribution in [0.5, 0.6) is 0 Å². The SMILES string of the molecule is CC(=O)NCC(=Cc1cnc(Cl)c(N)c1)B1OC(C)(C)C(C)(C)O1. The molecule has 130 valence electrons. The van der Waals surface area contributed by atoms with Crippen molar-refractivity contribution < 1.29 is 14.1 Å². The molecule has 1 fully saturated rings. The minimum absolute atomic E-state index is 0.133. The molecule has 2 rings (SSSR count). The van der Waals surface area contributed by atoms with E-state index in [9.17, 15) is 4.79 Å². The maximum absolute atomic E-state index is 11.3. The number of rotatable bonds is 4. The van der Waals surface area contributed by atoms with Gasteiger partial charge in [0.15, 0.2) is 5.15 Å². The number of halogens is 1. The number of nitrogens with zero attached hydrogens (tertiary/aromatic N) is 1. The zero-order valence-electron chi connectivity index (χ0n) is 14.6. The maximum atomic E-state index is 11.3. The van der Waals surface area contributed by atoms with E-state index < -0.39 is 18.3 Å². The quantitative estimate of drug-likeness (QED) is 0.643. The van der Waals surface area contributed by atoms with E-state index in [2.05, 4.69) is 10.3 Å². The topological polar surface area (TPSA) is 86.5 Å². The lowest BCUT2D eigenvalue weighted by molar-refractivity contribution is -0.118. The lowest BCUT2D eigenvalue weighted by atomic mass is 9.77. The first-order valence-corrected chi connectivity index (χ1v) is 8.11. The number of aromatic nitrogens is 1. The fourth-order valence-corrected chi connectivity index (χ4v) is 2.30. The minimum atomic E-state index is -0.571. The summed E-state index contributed by atoms with van der Waals surface area (Å²) in [6.45, 7) is 9.67. The molecule has 3 N–H and O–H groups in total. The summed E-state index contributed by atoms with van der Waals surface area (Å²) >= 11 is 5.86. The van der Waals surface area contributed by atoms with Gasteiger partial charge in [-0.1, -0.05) is 17.7 Å². The van der Waals surface area contributed by atoms with E-state index in [0.717, 1.165) is 11.0 Å². The van der Waals surface area contributed by atoms with Crippen LogP contribution in [0.15, 0.2) is 17.7 Å². The van der Waals surface area contributed by atoms with E-state index in [1.165, 1.54) is 6.92 Å². The molecule has 8 heteroatoms. The number of pyridine rings is 1. The van der Waals surface area contributed by atoms with Gasteiger partial charge in [0.1, 0.15) is 0 Å². The molecule has 1 aliphatic rings. The number of anilines is 1. The Hall–Kier alpha value is -1.57. The molecule has 24 heavy (non-hydrogen) atoms. The Bertz CT molecular complexity index is 661. The normalized spacial score (nSPS) is 19.4. The van der Waals surface area contributed by atoms with Crippen LogP contribution in [0.2, 0.25) is 5.15 Å². The van der Waals surface area contributed by atoms with Crippen LogP contribution < -0.4 is 11.1 Å². The molecule has 1 aliphatic heterocycles. The van der Waals surface area contributed by atoms with E-state index in [0.29, 0.717) is 12.2 Å². The highest BCUT2D eigenvalue weighted by Crippen LogP contribution is 2.38. The van der Waals surface area contributed by atoms with E-state index in [1.807, 2.05) is 33.8 Å². The summed E-state index contributed by atoms with van der Waals surface area (Å²) in [5.74, 6) is -0.133. The van der Waals surface area contributed by atoms with Crippen LogP contribution in [-0.4, -0.2) is 35.8 Å². The first-order chi connectivity index (χ1) is 11.0. The summed E-state index contributed by atoms with van der Waals surface area (Å²) in [5.41, 5.74) is 6.78. The third-order valence-corrected chi connectivity index (χ3v) is 4.65. The van der Waals surface area contributed by atoms with Crippen LogP contribution in [0.3, 0.4) is 0 Å². The molecule has 0 saturated carbocycles. The van der Waals surface area contributed by atoms with Gasteiger partial charge >= 0.3 is 7.12 Å². The number of nitrogen functional groups attached to an aromatic ring is 1. The summed E-state index contributed by atoms with van der Waals surface area (Å²) in [4.78, 5) is 15.3. The zero-order valence-corrected chi connectivity index (χ0v) is 15.4. The zero-order chi connectivity index (χ0) is 18.1. The van der Waals surface area contributed by atoms with Crippen LogP contribution >= 0.6 is 11.6 Å². The standard InChI is InChI=1S/C16H23BClN3O3/c1-10(22)20-9-12(6-11-7-13(19)14(18)21-8-11)17-23-15(2,3)16(4,5)24-17/h6-8H,9,19H2,1-5H3,(H,20,22). The van der Waals surface area contributed by atoms with Gasteiger partial charge in [0, 0.05) is 19.7 Å². The first kappa shape index (κ1) is 18.8. The molecular weight excluding hydrogens is 328 g/mol. The van der Waals surface area contributed by atoms with E-state index in [-0.39, 0.29) is 11.1 Å². The number of amides is 1. The molecule has 1 aromatic heterocycles. The Kier molecular flexibility index (Phi) is 5.27. The molecule has 0 aliphatic carbocycles. The fraction of sp³-hybridized carbons (Fsp3) is 0.500. The molecule has 0 spiro atoms. The number of nitrogens with two attached hydrogens (primary N) is 1. The summed E-state index contributed by atoms with van der Waals surface area (Å²) in [5, 5.41) is 3.03. The van der Waals surface area contributed by atoms with Gasteiger partial charge in [0.25, 0.3) is 0 Å². The molecule has 0 aromatic carbocycles. The first-order valence-electron chi connectivity index (χ1n) is 7.73. The Labute approximate surface area is 147 Å². The van der Waals surface area contributed by atoms with Crippen molar-refractivity contribution in [2.75, 3.05) is 12.3 Å². The summed E-state index contributed by atoms with van der Waals surface area (Å²) in [6, 6.07) is 1.72. The molecule has 2 heterocycles. The molecule has 1 amide bonds. The molecular formula is C16H23BClN3O3. The van der Waals surface area contributed by atoms with Crippen molar-refractivity contribution in [2.45, 2.75) is 45.8 Å². The third-order valence-electron chi connectivity index (χ3n) is 4.34. The number of carbonyl (C=O) groups is 1. The predicted octanol–water partition coefficient (Wildman–Crippen LogP) is 2.47. The minimum Gasteiger partial charge on any atom is -0.400 e. The van der Waals surface area contributed by atoms with Gasteiger partial charge in [-0.3, -0.25) is 4.79 Å². The number of nitrogens with one attached hydrogen (secondary N) is 1. The molecule has 1 aromatic rings. The Morgan fingerprint density at radius 1 is 1.38 bits per heavy atom. The second kappa shape index (κ2) is 6.74. The van der Waals surface area contributed by atoms with Crippen LogP contribution in [0.4, 0.5) is 5.69 Å². The van der Waals surface area contributed by atoms with E-state index in [1.54, 1.807) is 12.3 Å². The molecule has 0 atom stereocenters. The van der Waals surface area contributed by atoms with Crippen LogP contribution in [-0.2, 0) is 14.1 Å². The van der Waals surface area contributed by atoms with Crippen molar-refractivity contribution in [2.24, 2.45) is 0 Å². The van der Waals surface area contributed by atoms with Gasteiger partial charge < -0.3 is 20.4 Å². The largest absolute Gasteiger partial charge is 0.492 e. The molecule has 0 bridgehead atoms. The number of hydrogen-bond acceptors (Lipinski definition) is 5. The molecule has 0 radical (unpaired) electrons. The van der Waals surface area contributed by atoms with Crippen molar-refractivity contribution in [3.63, 3.8) is 0 Å². The van der Waals surface area contributed by atoms with Crippen LogP contribution in [0.1, 0.15) is 40.2 Å². The van der Waals surface area contributed by atoms with Gasteiger partial charge in [-0.15, -0.1) is 0 Å². The highest BCUT2D eigenvalue weighted by atomic mass is 35.5. The fourth-order valence-electron chi connectivity index (χ4n) is 2.20. The van der Waals surface area contributed by atoms with E-state index in [4.69, 9.17) is 26.6 Å². The monoisotopic (exact) mass is 351 g/mol. The van der Waals surface area contributed by atoms with Crippen LogP contribution in [0, 0.1) is 0 Å². The van der Waals surface area contributed by atoms with E-state index >= 15 is 0 Å². The van der Waals surface area contributed by atoms with Crippen molar-refractivity contribution in [1.82, 2.24) is 10.3 Å². The summed E-state index contributed by atoms with van der Waals surface area (Å²) in [7, 11) is -0.571. The predicted molar refractivity (Wildman–Crippen MR) is 96.4 cm³/mol. The highest BCUT2D eigenvalue weighted by Gasteiger charge is 2.52. The molecule has 6 nitrogen and oxygen atoms in total. The Morgan fingerprint density at radius 2 is 1.96 bits per heavy atom. The maximum Gasteiger partial charge on any atom is 0.492 e. The third kappa shape index (κ3) is 4.09. The average Bonchev–Trinajstić information content (AvgIpc) is 2.67. The average molecular weight is 352 g/mol. The van der Waals surface area contributed by atoms with Gasteiger partial charge in [-0.25, -0.2) is 4.98 Å². The Balaban J connectivity index is 2.33. The number of hydrogen-bond donors (Lipinski definition) is 2. The second-order valence-electron chi connectivity index (χ2n) is 6.87. The van der Waals surface area contributed by atoms with Crippen molar-refractivity contribution in [1.29, 1.82) is 0 Å². The lowest BCUT2D eigenvalue weighted by Crippen LogP contribution is -2.41. The molecule has 1 saturated heterocycles. The van der Waals surface area contributed by atoms with Crippen LogP contribution in [0.25, 0.3) is 6.08 Å². The summed E-state index contributed by atoms with van der Waals surface area (Å²) < 4.78 is 12.1. The van der Waals surface area contributed by atoms with Crippen molar-refractivity contribution >= 4 is 36.4 Å². The van der Waals surface area contributed by atoms with Gasteiger partial charge in [0.05, 0.1) is 16.9 Å². The van der Waals surface area contributed by atoms with Gasteiger partial charge in [-0.05, 0) is 44.8 Å². The van der Waals surface area contributed by atoms with Crippen molar-refractivity contribution in [3.05, 3.63) is 28.5 Å². The number of carbonyl (C=O) groups excluding carboxylic acids is 1. The smallest absolute Gasteiger partial charge is 0.400 e. The Morgan fingerprint density at radius 3 is 2.46 bits per heavy atom. The lowest BCUT2D eigenvalue weighted by Gasteiger charge is -2.32. The highest BCUT2D eigenvalue weighted by molar-refractivity contribution is 6.56. The van der Waals surface area contributed by atoms with Gasteiger partial charge in [0.2, 0.25) is 5.91 Å². The van der Waals surface area contributed by atoms with Gasteiger partial charge in [-0.2, -0.15) is 0 Å². The van der Waals surface area contributed by atoms with Crippen molar-refractivity contribution in [3.8, 4) is 0 Å². The second-order valence-corrected chi connectivity index (χ2v) is 7.22. The molecule has 0 unspecified atom stereocenters.